The lowest BCUT2D eigenvalue weighted by Gasteiger charge is -2.18. The Hall–Kier alpha value is -1.94. The highest BCUT2D eigenvalue weighted by Crippen LogP contribution is 2.33. The number of aliphatic hydroxyl groups is 2. The molecular formula is C19H18ClNO2. The van der Waals surface area contributed by atoms with Crippen molar-refractivity contribution < 1.29 is 10.2 Å². The second-order valence-electron chi connectivity index (χ2n) is 5.62. The van der Waals surface area contributed by atoms with Crippen molar-refractivity contribution in [2.24, 2.45) is 4.99 Å². The van der Waals surface area contributed by atoms with Crippen molar-refractivity contribution in [1.82, 2.24) is 0 Å². The van der Waals surface area contributed by atoms with Crippen LogP contribution in [0.15, 0.2) is 59.1 Å². The Morgan fingerprint density at radius 3 is 2.52 bits per heavy atom. The summed E-state index contributed by atoms with van der Waals surface area (Å²) < 4.78 is 0. The standard InChI is InChI=1S/C19H18ClNO2/c1-12-10-21-17(11-22)18(12)15-4-2-3-5-16(15)19(23)13-6-8-14(20)9-7-13/h2-9,19,22-23H,10-11H2,1H3. The fourth-order valence-electron chi connectivity index (χ4n) is 2.92. The van der Waals surface area contributed by atoms with E-state index in [1.807, 2.05) is 43.3 Å². The normalized spacial score (nSPS) is 15.7. The number of benzene rings is 2. The molecule has 0 aliphatic carbocycles. The van der Waals surface area contributed by atoms with Gasteiger partial charge in [-0.05, 0) is 41.3 Å². The van der Waals surface area contributed by atoms with Crippen LogP contribution in [-0.4, -0.2) is 29.1 Å². The molecule has 2 aromatic rings. The molecule has 0 spiro atoms. The second kappa shape index (κ2) is 6.67. The molecule has 1 unspecified atom stereocenters. The number of hydrogen-bond acceptors (Lipinski definition) is 3. The molecule has 2 aromatic carbocycles. The van der Waals surface area contributed by atoms with Gasteiger partial charge in [0.05, 0.1) is 18.9 Å². The van der Waals surface area contributed by atoms with Gasteiger partial charge in [-0.3, -0.25) is 4.99 Å². The van der Waals surface area contributed by atoms with E-state index in [9.17, 15) is 10.2 Å². The molecule has 3 rings (SSSR count). The Morgan fingerprint density at radius 1 is 1.13 bits per heavy atom. The molecule has 23 heavy (non-hydrogen) atoms. The van der Waals surface area contributed by atoms with Crippen molar-refractivity contribution in [1.29, 1.82) is 0 Å². The lowest BCUT2D eigenvalue weighted by atomic mass is 9.89. The number of nitrogens with zero attached hydrogens (tertiary/aromatic N) is 1. The van der Waals surface area contributed by atoms with Crippen molar-refractivity contribution in [2.75, 3.05) is 13.2 Å². The minimum atomic E-state index is -0.760. The van der Waals surface area contributed by atoms with Gasteiger partial charge in [-0.1, -0.05) is 48.0 Å². The van der Waals surface area contributed by atoms with Gasteiger partial charge in [0.15, 0.2) is 0 Å². The highest BCUT2D eigenvalue weighted by Gasteiger charge is 2.23. The zero-order valence-electron chi connectivity index (χ0n) is 12.8. The van der Waals surface area contributed by atoms with Crippen LogP contribution < -0.4 is 0 Å². The predicted octanol–water partition coefficient (Wildman–Crippen LogP) is 3.64. The SMILES string of the molecule is CC1=C(c2ccccc2C(O)c2ccc(Cl)cc2)C(CO)=NC1. The summed E-state index contributed by atoms with van der Waals surface area (Å²) in [5.74, 6) is 0. The lowest BCUT2D eigenvalue weighted by Crippen LogP contribution is -2.10. The van der Waals surface area contributed by atoms with E-state index in [0.29, 0.717) is 17.3 Å². The number of aliphatic hydroxyl groups excluding tert-OH is 2. The number of aliphatic imine (C=N–C) groups is 1. The summed E-state index contributed by atoms with van der Waals surface area (Å²) in [7, 11) is 0. The molecule has 0 bridgehead atoms. The lowest BCUT2D eigenvalue weighted by molar-refractivity contribution is 0.220. The smallest absolute Gasteiger partial charge is 0.105 e. The van der Waals surface area contributed by atoms with Crippen molar-refractivity contribution in [3.8, 4) is 0 Å². The van der Waals surface area contributed by atoms with Crippen LogP contribution in [0.4, 0.5) is 0 Å². The van der Waals surface area contributed by atoms with Crippen LogP contribution in [-0.2, 0) is 0 Å². The molecule has 3 nitrogen and oxygen atoms in total. The van der Waals surface area contributed by atoms with Crippen LogP contribution in [0.2, 0.25) is 5.02 Å². The van der Waals surface area contributed by atoms with E-state index < -0.39 is 6.10 Å². The van der Waals surface area contributed by atoms with Crippen LogP contribution in [0.5, 0.6) is 0 Å². The monoisotopic (exact) mass is 327 g/mol. The minimum Gasteiger partial charge on any atom is -0.390 e. The number of halogens is 1. The quantitative estimate of drug-likeness (QED) is 0.900. The first-order valence-electron chi connectivity index (χ1n) is 7.49. The Morgan fingerprint density at radius 2 is 1.83 bits per heavy atom. The molecule has 0 fully saturated rings. The van der Waals surface area contributed by atoms with Crippen LogP contribution in [0.3, 0.4) is 0 Å². The zero-order valence-corrected chi connectivity index (χ0v) is 13.6. The van der Waals surface area contributed by atoms with Gasteiger partial charge in [0.2, 0.25) is 0 Å². The molecule has 118 valence electrons. The maximum atomic E-state index is 10.8. The van der Waals surface area contributed by atoms with Gasteiger partial charge in [-0.15, -0.1) is 0 Å². The van der Waals surface area contributed by atoms with Gasteiger partial charge in [0.1, 0.15) is 6.10 Å². The van der Waals surface area contributed by atoms with Crippen LogP contribution in [0, 0.1) is 0 Å². The first-order chi connectivity index (χ1) is 11.1. The largest absolute Gasteiger partial charge is 0.390 e. The molecule has 1 heterocycles. The average Bonchev–Trinajstić information content (AvgIpc) is 2.95. The van der Waals surface area contributed by atoms with Gasteiger partial charge in [0, 0.05) is 10.6 Å². The first kappa shape index (κ1) is 15.9. The van der Waals surface area contributed by atoms with E-state index in [0.717, 1.165) is 27.8 Å². The van der Waals surface area contributed by atoms with Crippen LogP contribution in [0.1, 0.15) is 29.7 Å². The Kier molecular flexibility index (Phi) is 4.62. The average molecular weight is 328 g/mol. The summed E-state index contributed by atoms with van der Waals surface area (Å²) in [6.07, 6.45) is -0.760. The molecule has 1 atom stereocenters. The molecule has 0 radical (unpaired) electrons. The molecule has 1 aliphatic heterocycles. The molecular weight excluding hydrogens is 310 g/mol. The van der Waals surface area contributed by atoms with Crippen LogP contribution >= 0.6 is 11.6 Å². The Bertz CT molecular complexity index is 778. The molecule has 0 saturated heterocycles. The van der Waals surface area contributed by atoms with E-state index in [1.165, 1.54) is 0 Å². The van der Waals surface area contributed by atoms with E-state index in [2.05, 4.69) is 4.99 Å². The predicted molar refractivity (Wildman–Crippen MR) is 93.9 cm³/mol. The molecule has 2 N–H and O–H groups in total. The molecule has 0 amide bonds. The highest BCUT2D eigenvalue weighted by atomic mass is 35.5. The van der Waals surface area contributed by atoms with Crippen molar-refractivity contribution in [3.63, 3.8) is 0 Å². The maximum absolute atomic E-state index is 10.8. The summed E-state index contributed by atoms with van der Waals surface area (Å²) in [5.41, 5.74) is 5.21. The summed E-state index contributed by atoms with van der Waals surface area (Å²) in [6, 6.07) is 14.9. The van der Waals surface area contributed by atoms with Crippen molar-refractivity contribution in [2.45, 2.75) is 13.0 Å². The molecule has 4 heteroatoms. The van der Waals surface area contributed by atoms with Gasteiger partial charge in [0.25, 0.3) is 0 Å². The summed E-state index contributed by atoms with van der Waals surface area (Å²) in [6.45, 7) is 2.50. The van der Waals surface area contributed by atoms with Crippen molar-refractivity contribution >= 4 is 22.9 Å². The second-order valence-corrected chi connectivity index (χ2v) is 6.05. The fraction of sp³-hybridized carbons (Fsp3) is 0.211. The number of rotatable bonds is 4. The highest BCUT2D eigenvalue weighted by molar-refractivity contribution is 6.30. The third kappa shape index (κ3) is 3.08. The molecule has 0 saturated carbocycles. The van der Waals surface area contributed by atoms with Gasteiger partial charge < -0.3 is 10.2 Å². The first-order valence-corrected chi connectivity index (χ1v) is 7.86. The Balaban J connectivity index is 2.07. The Labute approximate surface area is 140 Å². The summed E-state index contributed by atoms with van der Waals surface area (Å²) in [4.78, 5) is 4.37. The minimum absolute atomic E-state index is 0.0992. The van der Waals surface area contributed by atoms with Gasteiger partial charge in [-0.2, -0.15) is 0 Å². The number of hydrogen-bond donors (Lipinski definition) is 2. The topological polar surface area (TPSA) is 52.8 Å². The third-order valence-electron chi connectivity index (χ3n) is 4.08. The van der Waals surface area contributed by atoms with Crippen LogP contribution in [0.25, 0.3) is 5.57 Å². The van der Waals surface area contributed by atoms with Gasteiger partial charge in [-0.25, -0.2) is 0 Å². The van der Waals surface area contributed by atoms with Crippen molar-refractivity contribution in [3.05, 3.63) is 75.8 Å². The van der Waals surface area contributed by atoms with E-state index in [4.69, 9.17) is 11.6 Å². The summed E-state index contributed by atoms with van der Waals surface area (Å²) in [5, 5.41) is 21.0. The summed E-state index contributed by atoms with van der Waals surface area (Å²) >= 11 is 5.92. The molecule has 0 aromatic heterocycles. The van der Waals surface area contributed by atoms with E-state index in [-0.39, 0.29) is 6.61 Å². The zero-order chi connectivity index (χ0) is 16.4. The molecule has 1 aliphatic rings. The maximum Gasteiger partial charge on any atom is 0.105 e. The van der Waals surface area contributed by atoms with Gasteiger partial charge >= 0.3 is 0 Å². The van der Waals surface area contributed by atoms with E-state index >= 15 is 0 Å². The van der Waals surface area contributed by atoms with E-state index in [1.54, 1.807) is 12.1 Å². The third-order valence-corrected chi connectivity index (χ3v) is 4.33. The fourth-order valence-corrected chi connectivity index (χ4v) is 3.05.